The van der Waals surface area contributed by atoms with E-state index in [2.05, 4.69) is 15.5 Å². The van der Waals surface area contributed by atoms with Crippen LogP contribution in [-0.2, 0) is 20.9 Å². The van der Waals surface area contributed by atoms with Crippen molar-refractivity contribution >= 4 is 11.8 Å². The lowest BCUT2D eigenvalue weighted by Crippen LogP contribution is -2.44. The maximum Gasteiger partial charge on any atom is 0.309 e. The molecule has 26 heavy (non-hydrogen) atoms. The number of benzene rings is 1. The van der Waals surface area contributed by atoms with E-state index in [9.17, 15) is 9.59 Å². The number of para-hydroxylation sites is 1. The van der Waals surface area contributed by atoms with Gasteiger partial charge in [-0.1, -0.05) is 18.2 Å². The van der Waals surface area contributed by atoms with Crippen LogP contribution in [0.4, 0.5) is 0 Å². The van der Waals surface area contributed by atoms with Crippen molar-refractivity contribution in [2.75, 3.05) is 47.0 Å². The summed E-state index contributed by atoms with van der Waals surface area (Å²) in [6.45, 7) is 4.50. The number of piperidine rings is 1. The van der Waals surface area contributed by atoms with Crippen molar-refractivity contribution in [2.24, 2.45) is 5.92 Å². The highest BCUT2D eigenvalue weighted by atomic mass is 16.5. The third-order valence-electron chi connectivity index (χ3n) is 4.71. The number of hydrogen-bond acceptors (Lipinski definition) is 5. The Bertz CT molecular complexity index is 586. The van der Waals surface area contributed by atoms with E-state index in [4.69, 9.17) is 9.47 Å². The fourth-order valence-electron chi connectivity index (χ4n) is 3.06. The molecule has 144 valence electrons. The van der Waals surface area contributed by atoms with E-state index in [-0.39, 0.29) is 6.54 Å². The normalized spacial score (nSPS) is 15.5. The van der Waals surface area contributed by atoms with Crippen molar-refractivity contribution in [3.8, 4) is 5.75 Å². The summed E-state index contributed by atoms with van der Waals surface area (Å²) >= 11 is 0. The van der Waals surface area contributed by atoms with Gasteiger partial charge < -0.3 is 25.0 Å². The first-order valence-electron chi connectivity index (χ1n) is 9.03. The number of carbonyl (C=O) groups is 2. The monoisotopic (exact) mass is 363 g/mol. The van der Waals surface area contributed by atoms with Gasteiger partial charge in [-0.05, 0) is 37.9 Å². The van der Waals surface area contributed by atoms with Gasteiger partial charge >= 0.3 is 11.8 Å². The van der Waals surface area contributed by atoms with Crippen molar-refractivity contribution in [3.63, 3.8) is 0 Å². The van der Waals surface area contributed by atoms with Gasteiger partial charge in [-0.3, -0.25) is 9.59 Å². The Morgan fingerprint density at radius 3 is 2.50 bits per heavy atom. The minimum absolute atomic E-state index is 0.258. The maximum atomic E-state index is 12.0. The van der Waals surface area contributed by atoms with Crippen LogP contribution in [0.3, 0.4) is 0 Å². The third-order valence-corrected chi connectivity index (χ3v) is 4.71. The number of ether oxygens (including phenoxy) is 2. The highest BCUT2D eigenvalue weighted by Crippen LogP contribution is 2.17. The molecule has 0 aliphatic carbocycles. The topological polar surface area (TPSA) is 79.9 Å². The highest BCUT2D eigenvalue weighted by Gasteiger charge is 2.21. The fourth-order valence-corrected chi connectivity index (χ4v) is 3.06. The number of methoxy groups -OCH3 is 2. The van der Waals surface area contributed by atoms with Crippen LogP contribution in [0, 0.1) is 5.92 Å². The minimum Gasteiger partial charge on any atom is -0.496 e. The van der Waals surface area contributed by atoms with E-state index in [1.165, 1.54) is 0 Å². The number of nitrogens with one attached hydrogen (secondary N) is 2. The second-order valence-electron chi connectivity index (χ2n) is 6.48. The standard InChI is InChI=1S/C19H29N3O4/c1-25-12-11-22-9-7-15(8-10-22)13-20-18(23)19(24)21-14-16-5-3-4-6-17(16)26-2/h3-6,15H,7-14H2,1-2H3,(H,20,23)(H,21,24). The van der Waals surface area contributed by atoms with Gasteiger partial charge in [0.05, 0.1) is 13.7 Å². The van der Waals surface area contributed by atoms with Crippen LogP contribution in [0.5, 0.6) is 5.75 Å². The second kappa shape index (κ2) is 10.8. The van der Waals surface area contributed by atoms with Gasteiger partial charge in [0.15, 0.2) is 0 Å². The molecule has 2 rings (SSSR count). The van der Waals surface area contributed by atoms with Gasteiger partial charge in [0.1, 0.15) is 5.75 Å². The summed E-state index contributed by atoms with van der Waals surface area (Å²) < 4.78 is 10.3. The molecule has 0 atom stereocenters. The molecule has 1 saturated heterocycles. The molecule has 1 aromatic carbocycles. The smallest absolute Gasteiger partial charge is 0.309 e. The predicted octanol–water partition coefficient (Wildman–Crippen LogP) is 0.786. The molecule has 0 spiro atoms. The largest absolute Gasteiger partial charge is 0.496 e. The summed E-state index contributed by atoms with van der Waals surface area (Å²) in [6.07, 6.45) is 2.04. The van der Waals surface area contributed by atoms with Gasteiger partial charge in [0.25, 0.3) is 0 Å². The van der Waals surface area contributed by atoms with Crippen molar-refractivity contribution in [1.82, 2.24) is 15.5 Å². The lowest BCUT2D eigenvalue weighted by atomic mass is 9.97. The summed E-state index contributed by atoms with van der Waals surface area (Å²) in [5.41, 5.74) is 0.833. The van der Waals surface area contributed by atoms with E-state index in [0.717, 1.165) is 44.6 Å². The molecule has 1 fully saturated rings. The third kappa shape index (κ3) is 6.31. The van der Waals surface area contributed by atoms with Crippen LogP contribution in [0.25, 0.3) is 0 Å². The second-order valence-corrected chi connectivity index (χ2v) is 6.48. The Kier molecular flexibility index (Phi) is 8.37. The lowest BCUT2D eigenvalue weighted by Gasteiger charge is -2.31. The van der Waals surface area contributed by atoms with Crippen molar-refractivity contribution in [2.45, 2.75) is 19.4 Å². The molecule has 0 radical (unpaired) electrons. The number of carbonyl (C=O) groups excluding carboxylic acids is 2. The van der Waals surface area contributed by atoms with E-state index in [1.54, 1.807) is 14.2 Å². The molecule has 1 aromatic rings. The summed E-state index contributed by atoms with van der Waals surface area (Å²) in [4.78, 5) is 26.3. The highest BCUT2D eigenvalue weighted by molar-refractivity contribution is 6.35. The van der Waals surface area contributed by atoms with Gasteiger partial charge in [-0.25, -0.2) is 0 Å². The van der Waals surface area contributed by atoms with Crippen molar-refractivity contribution < 1.29 is 19.1 Å². The zero-order valence-corrected chi connectivity index (χ0v) is 15.6. The summed E-state index contributed by atoms with van der Waals surface area (Å²) in [5.74, 6) is -0.0941. The van der Waals surface area contributed by atoms with Gasteiger partial charge in [0, 0.05) is 32.3 Å². The predicted molar refractivity (Wildman–Crippen MR) is 98.9 cm³/mol. The number of amides is 2. The van der Waals surface area contributed by atoms with Crippen LogP contribution in [0.1, 0.15) is 18.4 Å². The van der Waals surface area contributed by atoms with Gasteiger partial charge in [0.2, 0.25) is 0 Å². The Hall–Kier alpha value is -2.12. The Morgan fingerprint density at radius 2 is 1.81 bits per heavy atom. The quantitative estimate of drug-likeness (QED) is 0.668. The van der Waals surface area contributed by atoms with Crippen LogP contribution in [0.2, 0.25) is 0 Å². The van der Waals surface area contributed by atoms with Gasteiger partial charge in [-0.15, -0.1) is 0 Å². The van der Waals surface area contributed by atoms with E-state index < -0.39 is 11.8 Å². The number of nitrogens with zero attached hydrogens (tertiary/aromatic N) is 1. The summed E-state index contributed by atoms with van der Waals surface area (Å²) in [6, 6.07) is 7.40. The van der Waals surface area contributed by atoms with Crippen LogP contribution in [-0.4, -0.2) is 63.7 Å². The molecular formula is C19H29N3O4. The molecule has 1 heterocycles. The molecule has 1 aliphatic rings. The first kappa shape index (κ1) is 20.2. The molecule has 0 bridgehead atoms. The Morgan fingerprint density at radius 1 is 1.12 bits per heavy atom. The molecule has 0 aromatic heterocycles. The average molecular weight is 363 g/mol. The van der Waals surface area contributed by atoms with Crippen LogP contribution >= 0.6 is 0 Å². The Balaban J connectivity index is 1.67. The van der Waals surface area contributed by atoms with E-state index in [1.807, 2.05) is 24.3 Å². The average Bonchev–Trinajstić information content (AvgIpc) is 2.69. The van der Waals surface area contributed by atoms with Crippen LogP contribution < -0.4 is 15.4 Å². The first-order valence-corrected chi connectivity index (χ1v) is 9.03. The summed E-state index contributed by atoms with van der Waals surface area (Å²) in [5, 5.41) is 5.39. The molecule has 2 amide bonds. The SMILES string of the molecule is COCCN1CCC(CNC(=O)C(=O)NCc2ccccc2OC)CC1. The van der Waals surface area contributed by atoms with E-state index in [0.29, 0.717) is 18.2 Å². The van der Waals surface area contributed by atoms with Crippen molar-refractivity contribution in [1.29, 1.82) is 0 Å². The molecule has 7 nitrogen and oxygen atoms in total. The maximum absolute atomic E-state index is 12.0. The molecule has 0 saturated carbocycles. The molecule has 2 N–H and O–H groups in total. The molecule has 7 heteroatoms. The fraction of sp³-hybridized carbons (Fsp3) is 0.579. The zero-order chi connectivity index (χ0) is 18.8. The summed E-state index contributed by atoms with van der Waals surface area (Å²) in [7, 11) is 3.29. The number of likely N-dealkylation sites (tertiary alicyclic amines) is 1. The van der Waals surface area contributed by atoms with Gasteiger partial charge in [-0.2, -0.15) is 0 Å². The molecule has 1 aliphatic heterocycles. The zero-order valence-electron chi connectivity index (χ0n) is 15.6. The molecular weight excluding hydrogens is 334 g/mol. The first-order chi connectivity index (χ1) is 12.6. The number of hydrogen-bond donors (Lipinski definition) is 2. The van der Waals surface area contributed by atoms with Crippen molar-refractivity contribution in [3.05, 3.63) is 29.8 Å². The minimum atomic E-state index is -0.617. The Labute approximate surface area is 155 Å². The molecule has 0 unspecified atom stereocenters. The number of rotatable bonds is 8. The van der Waals surface area contributed by atoms with Crippen LogP contribution in [0.15, 0.2) is 24.3 Å². The van der Waals surface area contributed by atoms with E-state index >= 15 is 0 Å². The lowest BCUT2D eigenvalue weighted by molar-refractivity contribution is -0.139.